The van der Waals surface area contributed by atoms with E-state index in [-0.39, 0.29) is 5.69 Å². The summed E-state index contributed by atoms with van der Waals surface area (Å²) >= 11 is 0. The zero-order valence-electron chi connectivity index (χ0n) is 11.2. The molecule has 3 rings (SSSR count). The van der Waals surface area contributed by atoms with Crippen LogP contribution in [0.3, 0.4) is 0 Å². The second kappa shape index (κ2) is 4.45. The van der Waals surface area contributed by atoms with Gasteiger partial charge in [-0.3, -0.25) is 0 Å². The largest absolute Gasteiger partial charge is 0.477 e. The lowest BCUT2D eigenvalue weighted by Crippen LogP contribution is -2.29. The molecule has 1 aliphatic heterocycles. The summed E-state index contributed by atoms with van der Waals surface area (Å²) in [5.74, 6) is -1.04. The molecule has 1 fully saturated rings. The number of carboxylic acid groups (broad SMARTS) is 1. The molecule has 0 aliphatic carbocycles. The predicted octanol–water partition coefficient (Wildman–Crippen LogP) is 1.89. The van der Waals surface area contributed by atoms with Gasteiger partial charge in [0.1, 0.15) is 0 Å². The van der Waals surface area contributed by atoms with E-state index in [1.807, 2.05) is 23.1 Å². The molecule has 2 heterocycles. The van der Waals surface area contributed by atoms with E-state index in [1.165, 1.54) is 0 Å². The van der Waals surface area contributed by atoms with Crippen LogP contribution in [0.2, 0.25) is 0 Å². The fourth-order valence-corrected chi connectivity index (χ4v) is 2.68. The quantitative estimate of drug-likeness (QED) is 0.873. The minimum atomic E-state index is -1.04. The van der Waals surface area contributed by atoms with Gasteiger partial charge in [-0.05, 0) is 25.5 Å². The first-order valence-electron chi connectivity index (χ1n) is 6.57. The summed E-state index contributed by atoms with van der Waals surface area (Å²) in [7, 11) is 0. The van der Waals surface area contributed by atoms with Crippen LogP contribution in [-0.2, 0) is 0 Å². The van der Waals surface area contributed by atoms with Crippen molar-refractivity contribution >= 4 is 22.6 Å². The van der Waals surface area contributed by atoms with Gasteiger partial charge in [0.15, 0.2) is 5.69 Å². The number of fused-ring (bicyclic) bond motifs is 1. The Hall–Kier alpha value is -2.14. The molecule has 1 aromatic heterocycles. The molecule has 0 spiro atoms. The van der Waals surface area contributed by atoms with Crippen LogP contribution in [0.15, 0.2) is 30.3 Å². The average molecular weight is 272 g/mol. The van der Waals surface area contributed by atoms with E-state index in [2.05, 4.69) is 4.98 Å². The molecule has 1 unspecified atom stereocenters. The highest BCUT2D eigenvalue weighted by atomic mass is 16.4. The van der Waals surface area contributed by atoms with Crippen LogP contribution in [-0.4, -0.2) is 39.9 Å². The molecule has 1 aliphatic rings. The van der Waals surface area contributed by atoms with Crippen molar-refractivity contribution in [3.8, 4) is 0 Å². The van der Waals surface area contributed by atoms with Crippen LogP contribution in [0.25, 0.3) is 10.9 Å². The van der Waals surface area contributed by atoms with Crippen molar-refractivity contribution in [2.24, 2.45) is 0 Å². The lowest BCUT2D eigenvalue weighted by molar-refractivity contribution is 0.0691. The van der Waals surface area contributed by atoms with Gasteiger partial charge in [-0.1, -0.05) is 18.2 Å². The lowest BCUT2D eigenvalue weighted by atomic mass is 10.1. The third-order valence-corrected chi connectivity index (χ3v) is 3.71. The number of carbonyl (C=O) groups is 1. The zero-order chi connectivity index (χ0) is 14.3. The maximum absolute atomic E-state index is 11.2. The number of para-hydroxylation sites is 1. The number of aromatic carboxylic acids is 1. The van der Waals surface area contributed by atoms with Crippen molar-refractivity contribution < 1.29 is 15.0 Å². The smallest absolute Gasteiger partial charge is 0.354 e. The fourth-order valence-electron chi connectivity index (χ4n) is 2.68. The Kier molecular flexibility index (Phi) is 2.87. The van der Waals surface area contributed by atoms with E-state index in [9.17, 15) is 15.0 Å². The second-order valence-electron chi connectivity index (χ2n) is 5.52. The Balaban J connectivity index is 2.15. The van der Waals surface area contributed by atoms with Gasteiger partial charge in [0.25, 0.3) is 0 Å². The van der Waals surface area contributed by atoms with Crippen LogP contribution in [0.4, 0.5) is 5.69 Å². The number of rotatable bonds is 2. The molecule has 2 N–H and O–H groups in total. The van der Waals surface area contributed by atoms with Gasteiger partial charge in [-0.25, -0.2) is 9.78 Å². The fraction of sp³-hybridized carbons (Fsp3) is 0.333. The van der Waals surface area contributed by atoms with E-state index in [1.54, 1.807) is 19.1 Å². The summed E-state index contributed by atoms with van der Waals surface area (Å²) in [6.45, 7) is 3.01. The molecule has 0 radical (unpaired) electrons. The SMILES string of the molecule is CC1(O)CCN(c2cc(C(=O)O)nc3ccccc23)C1. The Bertz CT molecular complexity index is 682. The van der Waals surface area contributed by atoms with E-state index in [0.29, 0.717) is 25.0 Å². The van der Waals surface area contributed by atoms with Gasteiger partial charge < -0.3 is 15.1 Å². The molecule has 0 bridgehead atoms. The molecule has 104 valence electrons. The van der Waals surface area contributed by atoms with Gasteiger partial charge in [0.05, 0.1) is 11.1 Å². The number of benzene rings is 1. The molecular weight excluding hydrogens is 256 g/mol. The summed E-state index contributed by atoms with van der Waals surface area (Å²) in [4.78, 5) is 17.4. The molecule has 2 aromatic rings. The highest BCUT2D eigenvalue weighted by Gasteiger charge is 2.32. The van der Waals surface area contributed by atoms with Gasteiger partial charge in [0.2, 0.25) is 0 Å². The van der Waals surface area contributed by atoms with Crippen LogP contribution in [0, 0.1) is 0 Å². The molecule has 20 heavy (non-hydrogen) atoms. The summed E-state index contributed by atoms with van der Waals surface area (Å²) in [6, 6.07) is 9.06. The zero-order valence-corrected chi connectivity index (χ0v) is 11.2. The van der Waals surface area contributed by atoms with E-state index >= 15 is 0 Å². The number of aromatic nitrogens is 1. The van der Waals surface area contributed by atoms with E-state index < -0.39 is 11.6 Å². The predicted molar refractivity (Wildman–Crippen MR) is 76.2 cm³/mol. The number of pyridine rings is 1. The standard InChI is InChI=1S/C15H16N2O3/c1-15(20)6-7-17(9-15)13-8-12(14(18)19)16-11-5-3-2-4-10(11)13/h2-5,8,20H,6-7,9H2,1H3,(H,18,19). The third kappa shape index (κ3) is 2.20. The Labute approximate surface area is 116 Å². The topological polar surface area (TPSA) is 73.7 Å². The van der Waals surface area contributed by atoms with Crippen LogP contribution in [0.1, 0.15) is 23.8 Å². The summed E-state index contributed by atoms with van der Waals surface area (Å²) in [5.41, 5.74) is 0.790. The first kappa shape index (κ1) is 12.9. The number of anilines is 1. The van der Waals surface area contributed by atoms with Crippen molar-refractivity contribution in [2.75, 3.05) is 18.0 Å². The van der Waals surface area contributed by atoms with Gasteiger partial charge in [0, 0.05) is 24.2 Å². The Morgan fingerprint density at radius 1 is 1.40 bits per heavy atom. The molecule has 0 saturated carbocycles. The number of hydrogen-bond donors (Lipinski definition) is 2. The monoisotopic (exact) mass is 272 g/mol. The van der Waals surface area contributed by atoms with Crippen molar-refractivity contribution in [3.63, 3.8) is 0 Å². The molecule has 1 saturated heterocycles. The minimum absolute atomic E-state index is 0.0326. The minimum Gasteiger partial charge on any atom is -0.477 e. The summed E-state index contributed by atoms with van der Waals surface area (Å²) in [6.07, 6.45) is 0.673. The summed E-state index contributed by atoms with van der Waals surface area (Å²) < 4.78 is 0. The number of hydrogen-bond acceptors (Lipinski definition) is 4. The van der Waals surface area contributed by atoms with Crippen LogP contribution >= 0.6 is 0 Å². The normalized spacial score (nSPS) is 22.4. The molecule has 5 nitrogen and oxygen atoms in total. The highest BCUT2D eigenvalue weighted by molar-refractivity contribution is 5.97. The van der Waals surface area contributed by atoms with Gasteiger partial charge >= 0.3 is 5.97 Å². The number of β-amino-alcohol motifs (C(OH)–C–C–N with tert-alkyl or cyclic N) is 1. The summed E-state index contributed by atoms with van der Waals surface area (Å²) in [5, 5.41) is 20.2. The maximum Gasteiger partial charge on any atom is 0.354 e. The number of carboxylic acids is 1. The Morgan fingerprint density at radius 2 is 2.15 bits per heavy atom. The van der Waals surface area contributed by atoms with Crippen LogP contribution < -0.4 is 4.90 Å². The van der Waals surface area contributed by atoms with Crippen molar-refractivity contribution in [2.45, 2.75) is 18.9 Å². The molecule has 5 heteroatoms. The first-order chi connectivity index (χ1) is 9.46. The molecule has 0 amide bonds. The van der Waals surface area contributed by atoms with Gasteiger partial charge in [-0.2, -0.15) is 0 Å². The molecule has 1 aromatic carbocycles. The third-order valence-electron chi connectivity index (χ3n) is 3.71. The Morgan fingerprint density at radius 3 is 2.80 bits per heavy atom. The van der Waals surface area contributed by atoms with Crippen molar-refractivity contribution in [1.82, 2.24) is 4.98 Å². The molecular formula is C15H16N2O3. The van der Waals surface area contributed by atoms with Crippen molar-refractivity contribution in [3.05, 3.63) is 36.0 Å². The number of nitrogens with zero attached hydrogens (tertiary/aromatic N) is 2. The number of aliphatic hydroxyl groups is 1. The first-order valence-corrected chi connectivity index (χ1v) is 6.57. The average Bonchev–Trinajstić information content (AvgIpc) is 2.77. The highest BCUT2D eigenvalue weighted by Crippen LogP contribution is 2.32. The van der Waals surface area contributed by atoms with Crippen LogP contribution in [0.5, 0.6) is 0 Å². The molecule has 1 atom stereocenters. The maximum atomic E-state index is 11.2. The van der Waals surface area contributed by atoms with Gasteiger partial charge in [-0.15, -0.1) is 0 Å². The van der Waals surface area contributed by atoms with E-state index in [4.69, 9.17) is 0 Å². The van der Waals surface area contributed by atoms with E-state index in [0.717, 1.165) is 11.1 Å². The van der Waals surface area contributed by atoms with Crippen molar-refractivity contribution in [1.29, 1.82) is 0 Å². The lowest BCUT2D eigenvalue weighted by Gasteiger charge is -2.22. The second-order valence-corrected chi connectivity index (χ2v) is 5.52.